The Morgan fingerprint density at radius 2 is 1.63 bits per heavy atom. The second kappa shape index (κ2) is 8.52. The van der Waals surface area contributed by atoms with Gasteiger partial charge in [-0.05, 0) is 34.5 Å². The van der Waals surface area contributed by atoms with E-state index in [1.807, 2.05) is 12.1 Å². The van der Waals surface area contributed by atoms with Gasteiger partial charge in [-0.2, -0.15) is 12.7 Å². The third kappa shape index (κ3) is 4.36. The van der Waals surface area contributed by atoms with E-state index in [4.69, 9.17) is 4.18 Å². The molecule has 0 aromatic heterocycles. The zero-order chi connectivity index (χ0) is 25.0. The average molecular weight is 515 g/mol. The first kappa shape index (κ1) is 23.6. The number of amides is 2. The Labute approximate surface area is 203 Å². The molecule has 2 atom stereocenters. The Morgan fingerprint density at radius 3 is 2.34 bits per heavy atom. The third-order valence-corrected chi connectivity index (χ3v) is 8.72. The molecule has 0 spiro atoms. The largest absolute Gasteiger partial charge is 0.273 e. The van der Waals surface area contributed by atoms with Crippen LogP contribution in [0.15, 0.2) is 71.6 Å². The lowest BCUT2D eigenvalue weighted by Crippen LogP contribution is -2.47. The fraction of sp³-hybridized carbons (Fsp3) is 0.250. The van der Waals surface area contributed by atoms with Gasteiger partial charge >= 0.3 is 0 Å². The number of carbonyl (C=O) groups is 2. The zero-order valence-electron chi connectivity index (χ0n) is 18.7. The molecule has 9 nitrogen and oxygen atoms in total. The number of sulfonamides is 1. The van der Waals surface area contributed by atoms with Crippen LogP contribution in [-0.4, -0.2) is 62.8 Å². The number of rotatable bonds is 5. The van der Waals surface area contributed by atoms with Crippen molar-refractivity contribution in [3.63, 3.8) is 0 Å². The highest BCUT2D eigenvalue weighted by atomic mass is 32.2. The molecule has 182 valence electrons. The summed E-state index contributed by atoms with van der Waals surface area (Å²) in [4.78, 5) is 27.4. The molecule has 0 radical (unpaired) electrons. The molecule has 2 heterocycles. The van der Waals surface area contributed by atoms with E-state index < -0.39 is 44.1 Å². The molecule has 11 heteroatoms. The molecular formula is C24H22N2O7S2. The summed E-state index contributed by atoms with van der Waals surface area (Å²) in [5.74, 6) is -1.23. The number of hydrogen-bond donors (Lipinski definition) is 0. The Kier molecular flexibility index (Phi) is 5.75. The summed E-state index contributed by atoms with van der Waals surface area (Å²) in [6.45, 7) is -0.320. The minimum absolute atomic E-state index is 0.0196. The van der Waals surface area contributed by atoms with Gasteiger partial charge in [0.05, 0.1) is 23.8 Å². The van der Waals surface area contributed by atoms with Crippen molar-refractivity contribution in [3.05, 3.63) is 77.9 Å². The number of carbonyl (C=O) groups excluding carboxylic acids is 2. The van der Waals surface area contributed by atoms with Crippen LogP contribution in [0.5, 0.6) is 0 Å². The number of nitrogens with zero attached hydrogens (tertiary/aromatic N) is 2. The first-order chi connectivity index (χ1) is 16.5. The highest BCUT2D eigenvalue weighted by molar-refractivity contribution is 7.89. The maximum Gasteiger partial charge on any atom is 0.264 e. The Balaban J connectivity index is 1.51. The van der Waals surface area contributed by atoms with E-state index in [9.17, 15) is 26.4 Å². The van der Waals surface area contributed by atoms with E-state index in [2.05, 4.69) is 0 Å². The molecule has 2 aliphatic rings. The van der Waals surface area contributed by atoms with Gasteiger partial charge in [0.25, 0.3) is 16.0 Å². The van der Waals surface area contributed by atoms with Crippen molar-refractivity contribution in [1.82, 2.24) is 9.21 Å². The maximum atomic E-state index is 13.7. The molecule has 0 saturated carbocycles. The smallest absolute Gasteiger partial charge is 0.264 e. The van der Waals surface area contributed by atoms with Gasteiger partial charge in [-0.1, -0.05) is 48.5 Å². The fourth-order valence-electron chi connectivity index (χ4n) is 4.65. The maximum absolute atomic E-state index is 13.7. The minimum Gasteiger partial charge on any atom is -0.273 e. The summed E-state index contributed by atoms with van der Waals surface area (Å²) in [6, 6.07) is 17.3. The molecule has 35 heavy (non-hydrogen) atoms. The van der Waals surface area contributed by atoms with Gasteiger partial charge in [-0.25, -0.2) is 8.42 Å². The van der Waals surface area contributed by atoms with Crippen LogP contribution < -0.4 is 0 Å². The minimum atomic E-state index is -4.23. The summed E-state index contributed by atoms with van der Waals surface area (Å²) >= 11 is 0. The molecule has 0 N–H and O–H groups in total. The lowest BCUT2D eigenvalue weighted by Gasteiger charge is -2.26. The van der Waals surface area contributed by atoms with Gasteiger partial charge in [0.2, 0.25) is 15.9 Å². The van der Waals surface area contributed by atoms with Gasteiger partial charge in [0.15, 0.2) is 0 Å². The molecule has 1 saturated heterocycles. The van der Waals surface area contributed by atoms with Crippen LogP contribution in [0.2, 0.25) is 0 Å². The van der Waals surface area contributed by atoms with E-state index in [0.717, 1.165) is 20.8 Å². The van der Waals surface area contributed by atoms with Gasteiger partial charge < -0.3 is 0 Å². The van der Waals surface area contributed by atoms with Crippen LogP contribution in [0.25, 0.3) is 10.8 Å². The normalized spacial score (nSPS) is 20.9. The third-order valence-electron chi connectivity index (χ3n) is 6.23. The van der Waals surface area contributed by atoms with Crippen molar-refractivity contribution in [2.75, 3.05) is 12.8 Å². The van der Waals surface area contributed by atoms with Crippen LogP contribution in [-0.2, 0) is 35.7 Å². The predicted molar refractivity (Wildman–Crippen MR) is 127 cm³/mol. The molecule has 0 aliphatic carbocycles. The van der Waals surface area contributed by atoms with Crippen LogP contribution in [0.1, 0.15) is 22.3 Å². The Morgan fingerprint density at radius 1 is 0.943 bits per heavy atom. The van der Waals surface area contributed by atoms with Crippen LogP contribution in [0.4, 0.5) is 0 Å². The molecule has 0 bridgehead atoms. The zero-order valence-corrected chi connectivity index (χ0v) is 20.3. The highest BCUT2D eigenvalue weighted by Crippen LogP contribution is 2.33. The lowest BCUT2D eigenvalue weighted by atomic mass is 10.1. The standard InChI is InChI=1S/C24H22N2O7S2/c1-34(29,30)33-19-13-22(24(28)25-14-18-8-4-5-9-21(18)23(25)27)26(15-19)35(31,32)20-11-10-16-6-2-3-7-17(16)12-20/h2-12,19,22H,13-15H2,1H3. The number of benzene rings is 3. The molecule has 5 rings (SSSR count). The predicted octanol–water partition coefficient (Wildman–Crippen LogP) is 2.13. The van der Waals surface area contributed by atoms with Crippen molar-refractivity contribution >= 4 is 42.7 Å². The second-order valence-corrected chi connectivity index (χ2v) is 12.1. The first-order valence-electron chi connectivity index (χ1n) is 10.9. The van der Waals surface area contributed by atoms with E-state index in [1.165, 1.54) is 12.1 Å². The summed E-state index contributed by atoms with van der Waals surface area (Å²) in [7, 11) is -8.13. The quantitative estimate of drug-likeness (QED) is 0.378. The van der Waals surface area contributed by atoms with Gasteiger partial charge in [0.1, 0.15) is 6.04 Å². The number of imide groups is 1. The summed E-state index contributed by atoms with van der Waals surface area (Å²) in [5.41, 5.74) is 1.04. The van der Waals surface area contributed by atoms with E-state index in [1.54, 1.807) is 42.5 Å². The van der Waals surface area contributed by atoms with Gasteiger partial charge in [-0.3, -0.25) is 18.7 Å². The Hall–Kier alpha value is -3.12. The van der Waals surface area contributed by atoms with Crippen molar-refractivity contribution in [2.24, 2.45) is 0 Å². The first-order valence-corrected chi connectivity index (χ1v) is 14.1. The number of hydrogen-bond acceptors (Lipinski definition) is 7. The topological polar surface area (TPSA) is 118 Å². The van der Waals surface area contributed by atoms with Crippen LogP contribution in [0.3, 0.4) is 0 Å². The molecule has 2 aliphatic heterocycles. The average Bonchev–Trinajstić information content (AvgIpc) is 3.39. The van der Waals surface area contributed by atoms with E-state index >= 15 is 0 Å². The SMILES string of the molecule is CS(=O)(=O)OC1CC(C(=O)N2Cc3ccccc3C2=O)N(S(=O)(=O)c2ccc3ccccc3c2)C1. The van der Waals surface area contributed by atoms with Crippen LogP contribution in [0, 0.1) is 0 Å². The van der Waals surface area contributed by atoms with Crippen molar-refractivity contribution in [2.45, 2.75) is 30.0 Å². The van der Waals surface area contributed by atoms with Crippen LogP contribution >= 0.6 is 0 Å². The van der Waals surface area contributed by atoms with Crippen molar-refractivity contribution in [1.29, 1.82) is 0 Å². The summed E-state index contributed by atoms with van der Waals surface area (Å²) in [6.07, 6.45) is -0.390. The second-order valence-electron chi connectivity index (χ2n) is 8.64. The molecule has 2 amide bonds. The summed E-state index contributed by atoms with van der Waals surface area (Å²) in [5, 5.41) is 1.55. The fourth-order valence-corrected chi connectivity index (χ4v) is 6.95. The molecule has 3 aromatic rings. The lowest BCUT2D eigenvalue weighted by molar-refractivity contribution is -0.132. The molecule has 2 unspecified atom stereocenters. The van der Waals surface area contributed by atoms with E-state index in [0.29, 0.717) is 16.5 Å². The monoisotopic (exact) mass is 514 g/mol. The van der Waals surface area contributed by atoms with E-state index in [-0.39, 0.29) is 24.4 Å². The molecular weight excluding hydrogens is 492 g/mol. The summed E-state index contributed by atoms with van der Waals surface area (Å²) < 4.78 is 56.9. The number of fused-ring (bicyclic) bond motifs is 2. The highest BCUT2D eigenvalue weighted by Gasteiger charge is 2.48. The molecule has 3 aromatic carbocycles. The van der Waals surface area contributed by atoms with Gasteiger partial charge in [-0.15, -0.1) is 0 Å². The van der Waals surface area contributed by atoms with Crippen molar-refractivity contribution in [3.8, 4) is 0 Å². The Bertz CT molecular complexity index is 1570. The molecule has 1 fully saturated rings. The van der Waals surface area contributed by atoms with Crippen molar-refractivity contribution < 1.29 is 30.6 Å². The van der Waals surface area contributed by atoms with Gasteiger partial charge in [0, 0.05) is 18.5 Å².